The van der Waals surface area contributed by atoms with E-state index in [1.165, 1.54) is 6.42 Å². The first-order valence-electron chi connectivity index (χ1n) is 6.60. The van der Waals surface area contributed by atoms with Gasteiger partial charge in [0, 0.05) is 29.2 Å². The summed E-state index contributed by atoms with van der Waals surface area (Å²) in [7, 11) is 0. The highest BCUT2D eigenvalue weighted by atomic mass is 35.5. The second-order valence-electron chi connectivity index (χ2n) is 4.65. The minimum absolute atomic E-state index is 0.731. The third-order valence-corrected chi connectivity index (χ3v) is 3.64. The number of H-pyrrole nitrogens is 1. The van der Waals surface area contributed by atoms with Crippen molar-refractivity contribution in [2.45, 2.75) is 19.8 Å². The van der Waals surface area contributed by atoms with Gasteiger partial charge in [0.2, 0.25) is 0 Å². The standard InChI is InChI=1S/C15H16ClN3/c1-2-3-8-17-12-7-9-18-15-13(12)10-5-4-6-11(16)14(10)19-15/h4-7,9H,2-3,8H2,1H3,(H2,17,18,19). The largest absolute Gasteiger partial charge is 0.384 e. The smallest absolute Gasteiger partial charge is 0.140 e. The van der Waals surface area contributed by atoms with Crippen molar-refractivity contribution in [2.75, 3.05) is 11.9 Å². The molecule has 3 aromatic rings. The molecule has 0 saturated carbocycles. The van der Waals surface area contributed by atoms with Crippen LogP contribution in [0.5, 0.6) is 0 Å². The molecule has 2 aromatic heterocycles. The van der Waals surface area contributed by atoms with Gasteiger partial charge in [-0.1, -0.05) is 37.1 Å². The van der Waals surface area contributed by atoms with E-state index in [1.807, 2.05) is 24.4 Å². The minimum Gasteiger partial charge on any atom is -0.384 e. The lowest BCUT2D eigenvalue weighted by atomic mass is 10.1. The lowest BCUT2D eigenvalue weighted by molar-refractivity contribution is 0.835. The Morgan fingerprint density at radius 2 is 2.21 bits per heavy atom. The molecular formula is C15H16ClN3. The van der Waals surface area contributed by atoms with Crippen molar-refractivity contribution in [2.24, 2.45) is 0 Å². The lowest BCUT2D eigenvalue weighted by Gasteiger charge is -2.06. The highest BCUT2D eigenvalue weighted by Crippen LogP contribution is 2.33. The molecule has 0 radical (unpaired) electrons. The number of unbranched alkanes of at least 4 members (excludes halogenated alkanes) is 1. The highest BCUT2D eigenvalue weighted by molar-refractivity contribution is 6.36. The van der Waals surface area contributed by atoms with E-state index >= 15 is 0 Å². The number of aromatic nitrogens is 2. The van der Waals surface area contributed by atoms with Gasteiger partial charge in [0.05, 0.1) is 10.5 Å². The molecule has 0 unspecified atom stereocenters. The second-order valence-corrected chi connectivity index (χ2v) is 5.06. The van der Waals surface area contributed by atoms with E-state index < -0.39 is 0 Å². The Morgan fingerprint density at radius 1 is 1.32 bits per heavy atom. The SMILES string of the molecule is CCCCNc1ccnc2[nH]c3c(Cl)cccc3c12. The Kier molecular flexibility index (Phi) is 3.30. The lowest BCUT2D eigenvalue weighted by Crippen LogP contribution is -2.01. The molecule has 0 amide bonds. The van der Waals surface area contributed by atoms with Crippen LogP contribution in [0.25, 0.3) is 21.9 Å². The summed E-state index contributed by atoms with van der Waals surface area (Å²) in [6.07, 6.45) is 4.16. The number of hydrogen-bond acceptors (Lipinski definition) is 2. The predicted octanol–water partition coefficient (Wildman–Crippen LogP) is 4.58. The number of rotatable bonds is 4. The van der Waals surface area contributed by atoms with Crippen molar-refractivity contribution in [3.8, 4) is 0 Å². The fourth-order valence-corrected chi connectivity index (χ4v) is 2.58. The number of halogens is 1. The number of pyridine rings is 1. The molecule has 3 rings (SSSR count). The molecule has 2 heterocycles. The molecule has 0 atom stereocenters. The molecule has 98 valence electrons. The zero-order valence-electron chi connectivity index (χ0n) is 10.8. The number of anilines is 1. The second kappa shape index (κ2) is 5.10. The van der Waals surface area contributed by atoms with Gasteiger partial charge in [0.25, 0.3) is 0 Å². The van der Waals surface area contributed by atoms with E-state index in [-0.39, 0.29) is 0 Å². The van der Waals surface area contributed by atoms with Gasteiger partial charge < -0.3 is 10.3 Å². The number of aromatic amines is 1. The summed E-state index contributed by atoms with van der Waals surface area (Å²) in [6.45, 7) is 3.16. The summed E-state index contributed by atoms with van der Waals surface area (Å²) < 4.78 is 0. The van der Waals surface area contributed by atoms with E-state index in [0.29, 0.717) is 0 Å². The first-order valence-corrected chi connectivity index (χ1v) is 6.98. The topological polar surface area (TPSA) is 40.7 Å². The molecule has 2 N–H and O–H groups in total. The van der Waals surface area contributed by atoms with Crippen molar-refractivity contribution in [3.05, 3.63) is 35.5 Å². The van der Waals surface area contributed by atoms with E-state index in [1.54, 1.807) is 0 Å². The van der Waals surface area contributed by atoms with Crippen molar-refractivity contribution in [1.82, 2.24) is 9.97 Å². The maximum absolute atomic E-state index is 6.23. The van der Waals surface area contributed by atoms with Crippen molar-refractivity contribution in [1.29, 1.82) is 0 Å². The Hall–Kier alpha value is -1.74. The molecular weight excluding hydrogens is 258 g/mol. The van der Waals surface area contributed by atoms with Crippen LogP contribution in [0.2, 0.25) is 5.02 Å². The number of nitrogens with zero attached hydrogens (tertiary/aromatic N) is 1. The molecule has 1 aromatic carbocycles. The van der Waals surface area contributed by atoms with Gasteiger partial charge in [0.15, 0.2) is 0 Å². The van der Waals surface area contributed by atoms with Gasteiger partial charge in [-0.2, -0.15) is 0 Å². The van der Waals surface area contributed by atoms with E-state index in [9.17, 15) is 0 Å². The third kappa shape index (κ3) is 2.15. The molecule has 0 fully saturated rings. The van der Waals surface area contributed by atoms with Crippen LogP contribution in [-0.2, 0) is 0 Å². The van der Waals surface area contributed by atoms with Crippen LogP contribution in [0.4, 0.5) is 5.69 Å². The molecule has 19 heavy (non-hydrogen) atoms. The van der Waals surface area contributed by atoms with Crippen molar-refractivity contribution >= 4 is 39.2 Å². The predicted molar refractivity (Wildman–Crippen MR) is 82.0 cm³/mol. The van der Waals surface area contributed by atoms with Crippen LogP contribution in [-0.4, -0.2) is 16.5 Å². The fourth-order valence-electron chi connectivity index (χ4n) is 2.35. The zero-order chi connectivity index (χ0) is 13.2. The molecule has 0 spiro atoms. The third-order valence-electron chi connectivity index (χ3n) is 3.32. The van der Waals surface area contributed by atoms with Crippen LogP contribution in [0.15, 0.2) is 30.5 Å². The maximum atomic E-state index is 6.23. The van der Waals surface area contributed by atoms with Gasteiger partial charge in [-0.05, 0) is 18.6 Å². The monoisotopic (exact) mass is 273 g/mol. The summed E-state index contributed by atoms with van der Waals surface area (Å²) in [4.78, 5) is 7.69. The van der Waals surface area contributed by atoms with Crippen LogP contribution in [0, 0.1) is 0 Å². The minimum atomic E-state index is 0.731. The number of nitrogens with one attached hydrogen (secondary N) is 2. The van der Waals surface area contributed by atoms with Crippen LogP contribution in [0.1, 0.15) is 19.8 Å². The summed E-state index contributed by atoms with van der Waals surface area (Å²) >= 11 is 6.23. The van der Waals surface area contributed by atoms with Crippen molar-refractivity contribution in [3.63, 3.8) is 0 Å². The molecule has 4 heteroatoms. The first-order chi connectivity index (χ1) is 9.31. The van der Waals surface area contributed by atoms with Gasteiger partial charge in [-0.25, -0.2) is 4.98 Å². The van der Waals surface area contributed by atoms with Crippen LogP contribution in [0.3, 0.4) is 0 Å². The normalized spacial score (nSPS) is 11.3. The van der Waals surface area contributed by atoms with Crippen LogP contribution >= 0.6 is 11.6 Å². The van der Waals surface area contributed by atoms with Gasteiger partial charge in [-0.15, -0.1) is 0 Å². The average Bonchev–Trinajstić information content (AvgIpc) is 2.80. The fraction of sp³-hybridized carbons (Fsp3) is 0.267. The molecule has 0 bridgehead atoms. The van der Waals surface area contributed by atoms with Gasteiger partial charge >= 0.3 is 0 Å². The van der Waals surface area contributed by atoms with Gasteiger partial charge in [0.1, 0.15) is 5.65 Å². The van der Waals surface area contributed by atoms with Crippen LogP contribution < -0.4 is 5.32 Å². The molecule has 0 aliphatic rings. The van der Waals surface area contributed by atoms with E-state index in [2.05, 4.69) is 28.3 Å². The Bertz CT molecular complexity index is 718. The summed E-state index contributed by atoms with van der Waals surface area (Å²) in [5, 5.41) is 6.46. The molecule has 3 nitrogen and oxygen atoms in total. The Balaban J connectivity index is 2.17. The summed E-state index contributed by atoms with van der Waals surface area (Å²) in [5.74, 6) is 0. The summed E-state index contributed by atoms with van der Waals surface area (Å²) in [5.41, 5.74) is 2.95. The highest BCUT2D eigenvalue weighted by Gasteiger charge is 2.11. The average molecular weight is 274 g/mol. The number of fused-ring (bicyclic) bond motifs is 3. The quantitative estimate of drug-likeness (QED) is 0.683. The van der Waals surface area contributed by atoms with E-state index in [0.717, 1.165) is 45.6 Å². The number of para-hydroxylation sites is 1. The van der Waals surface area contributed by atoms with Gasteiger partial charge in [-0.3, -0.25) is 0 Å². The van der Waals surface area contributed by atoms with E-state index in [4.69, 9.17) is 11.6 Å². The number of benzene rings is 1. The number of hydrogen-bond donors (Lipinski definition) is 2. The zero-order valence-corrected chi connectivity index (χ0v) is 11.6. The maximum Gasteiger partial charge on any atom is 0.140 e. The molecule has 0 aliphatic heterocycles. The first kappa shape index (κ1) is 12.3. The summed E-state index contributed by atoms with van der Waals surface area (Å²) in [6, 6.07) is 7.96. The molecule has 0 aliphatic carbocycles. The molecule has 0 saturated heterocycles. The Morgan fingerprint density at radius 3 is 3.05 bits per heavy atom. The van der Waals surface area contributed by atoms with Crippen molar-refractivity contribution < 1.29 is 0 Å². The Labute approximate surface area is 117 Å².